The maximum absolute atomic E-state index is 13.4. The van der Waals surface area contributed by atoms with E-state index in [0.717, 1.165) is 0 Å². The zero-order chi connectivity index (χ0) is 16.3. The van der Waals surface area contributed by atoms with Crippen molar-refractivity contribution < 1.29 is 13.7 Å². The lowest BCUT2D eigenvalue weighted by Crippen LogP contribution is -2.15. The van der Waals surface area contributed by atoms with Crippen molar-refractivity contribution in [3.05, 3.63) is 46.9 Å². The summed E-state index contributed by atoms with van der Waals surface area (Å²) in [6.07, 6.45) is 1.83. The van der Waals surface area contributed by atoms with Gasteiger partial charge in [-0.2, -0.15) is 9.97 Å². The SMILES string of the molecule is CCc1ccc(F)cc1C(=O)c1cnc([S+]([O-])CC)nc1N. The maximum Gasteiger partial charge on any atom is 0.344 e. The van der Waals surface area contributed by atoms with E-state index < -0.39 is 22.8 Å². The molecule has 1 atom stereocenters. The van der Waals surface area contributed by atoms with E-state index in [9.17, 15) is 13.7 Å². The maximum atomic E-state index is 13.4. The van der Waals surface area contributed by atoms with E-state index >= 15 is 0 Å². The van der Waals surface area contributed by atoms with Gasteiger partial charge in [0.2, 0.25) is 0 Å². The molecule has 0 radical (unpaired) electrons. The number of carbonyl (C=O) groups excluding carboxylic acids is 1. The molecule has 0 aliphatic heterocycles. The molecule has 0 aliphatic carbocycles. The number of anilines is 1. The van der Waals surface area contributed by atoms with Gasteiger partial charge in [-0.05, 0) is 31.0 Å². The molecular weight excluding hydrogens is 305 g/mol. The normalized spacial score (nSPS) is 12.2. The lowest BCUT2D eigenvalue weighted by atomic mass is 9.98. The highest BCUT2D eigenvalue weighted by atomic mass is 32.2. The summed E-state index contributed by atoms with van der Waals surface area (Å²) < 4.78 is 25.1. The van der Waals surface area contributed by atoms with Crippen LogP contribution in [0.2, 0.25) is 0 Å². The van der Waals surface area contributed by atoms with Crippen LogP contribution in [0.4, 0.5) is 10.2 Å². The summed E-state index contributed by atoms with van der Waals surface area (Å²) >= 11 is -1.35. The smallest absolute Gasteiger partial charge is 0.344 e. The molecule has 0 amide bonds. The monoisotopic (exact) mass is 321 g/mol. The lowest BCUT2D eigenvalue weighted by molar-refractivity contribution is 0.103. The summed E-state index contributed by atoms with van der Waals surface area (Å²) in [5.74, 6) is -0.633. The van der Waals surface area contributed by atoms with Crippen LogP contribution >= 0.6 is 0 Å². The van der Waals surface area contributed by atoms with Crippen LogP contribution in [-0.2, 0) is 17.6 Å². The number of ketones is 1. The highest BCUT2D eigenvalue weighted by Gasteiger charge is 2.21. The lowest BCUT2D eigenvalue weighted by Gasteiger charge is -2.10. The van der Waals surface area contributed by atoms with Crippen molar-refractivity contribution in [2.45, 2.75) is 25.4 Å². The highest BCUT2D eigenvalue weighted by Crippen LogP contribution is 2.20. The Balaban J connectivity index is 2.44. The summed E-state index contributed by atoms with van der Waals surface area (Å²) in [7, 11) is 0. The molecule has 2 rings (SSSR count). The third-order valence-corrected chi connectivity index (χ3v) is 4.33. The fourth-order valence-electron chi connectivity index (χ4n) is 2.01. The van der Waals surface area contributed by atoms with Crippen LogP contribution in [0, 0.1) is 5.82 Å². The molecule has 116 valence electrons. The number of benzene rings is 1. The number of nitrogen functional groups attached to an aromatic ring is 1. The summed E-state index contributed by atoms with van der Waals surface area (Å²) in [4.78, 5) is 20.4. The standard InChI is InChI=1S/C15H16FN3O2S/c1-3-9-5-6-10(16)7-11(9)13(20)12-8-18-15(19-14(12)17)22(21)4-2/h5-8H,3-4H2,1-2H3,(H2,17,18,19). The van der Waals surface area contributed by atoms with Crippen LogP contribution in [-0.4, -0.2) is 26.1 Å². The van der Waals surface area contributed by atoms with Gasteiger partial charge < -0.3 is 10.3 Å². The number of nitrogens with two attached hydrogens (primary N) is 1. The molecule has 22 heavy (non-hydrogen) atoms. The fourth-order valence-corrected chi connectivity index (χ4v) is 2.63. The summed E-state index contributed by atoms with van der Waals surface area (Å²) in [5.41, 5.74) is 6.82. The first-order valence-corrected chi connectivity index (χ1v) is 8.13. The van der Waals surface area contributed by atoms with Crippen LogP contribution < -0.4 is 5.73 Å². The zero-order valence-corrected chi connectivity index (χ0v) is 13.1. The predicted molar refractivity (Wildman–Crippen MR) is 82.6 cm³/mol. The van der Waals surface area contributed by atoms with Crippen LogP contribution in [0.15, 0.2) is 29.6 Å². The van der Waals surface area contributed by atoms with E-state index in [2.05, 4.69) is 9.97 Å². The van der Waals surface area contributed by atoms with Gasteiger partial charge in [0.05, 0.1) is 5.56 Å². The van der Waals surface area contributed by atoms with Gasteiger partial charge in [-0.1, -0.05) is 13.0 Å². The molecule has 1 aromatic heterocycles. The van der Waals surface area contributed by atoms with E-state index in [-0.39, 0.29) is 22.1 Å². The van der Waals surface area contributed by atoms with Gasteiger partial charge in [0.15, 0.2) is 5.78 Å². The van der Waals surface area contributed by atoms with Gasteiger partial charge in [0.25, 0.3) is 0 Å². The first-order chi connectivity index (χ1) is 10.5. The fraction of sp³-hybridized carbons (Fsp3) is 0.267. The molecule has 7 heteroatoms. The molecule has 0 aliphatic rings. The third-order valence-electron chi connectivity index (χ3n) is 3.20. The first kappa shape index (κ1) is 16.4. The Morgan fingerprint density at radius 3 is 2.68 bits per heavy atom. The number of aromatic nitrogens is 2. The Labute approximate surface area is 131 Å². The first-order valence-electron chi connectivity index (χ1n) is 6.81. The van der Waals surface area contributed by atoms with Crippen molar-refractivity contribution in [2.75, 3.05) is 11.5 Å². The summed E-state index contributed by atoms with van der Waals surface area (Å²) in [5, 5.41) is 0.0894. The van der Waals surface area contributed by atoms with Crippen molar-refractivity contribution in [3.8, 4) is 0 Å². The number of carbonyl (C=O) groups is 1. The molecular formula is C15H16FN3O2S. The highest BCUT2D eigenvalue weighted by molar-refractivity contribution is 7.91. The Bertz CT molecular complexity index is 709. The van der Waals surface area contributed by atoms with Crippen LogP contribution in [0.25, 0.3) is 0 Å². The number of halogens is 1. The average Bonchev–Trinajstić information content (AvgIpc) is 2.53. The van der Waals surface area contributed by atoms with Gasteiger partial charge in [-0.3, -0.25) is 4.79 Å². The summed E-state index contributed by atoms with van der Waals surface area (Å²) in [6, 6.07) is 4.06. The van der Waals surface area contributed by atoms with E-state index in [1.807, 2.05) is 6.92 Å². The van der Waals surface area contributed by atoms with Crippen LogP contribution in [0.3, 0.4) is 0 Å². The van der Waals surface area contributed by atoms with Crippen LogP contribution in [0.5, 0.6) is 0 Å². The summed E-state index contributed by atoms with van der Waals surface area (Å²) in [6.45, 7) is 3.60. The van der Waals surface area contributed by atoms with E-state index in [4.69, 9.17) is 5.73 Å². The van der Waals surface area contributed by atoms with E-state index in [1.54, 1.807) is 13.0 Å². The molecule has 0 fully saturated rings. The molecule has 5 nitrogen and oxygen atoms in total. The van der Waals surface area contributed by atoms with Gasteiger partial charge in [-0.25, -0.2) is 4.39 Å². The molecule has 1 unspecified atom stereocenters. The molecule has 0 bridgehead atoms. The number of aryl methyl sites for hydroxylation is 1. The average molecular weight is 321 g/mol. The molecule has 0 saturated carbocycles. The number of rotatable bonds is 5. The minimum Gasteiger partial charge on any atom is -0.609 e. The molecule has 2 N–H and O–H groups in total. The molecule has 0 spiro atoms. The van der Waals surface area contributed by atoms with Crippen molar-refractivity contribution in [1.29, 1.82) is 0 Å². The Kier molecular flexibility index (Phi) is 5.10. The third kappa shape index (κ3) is 3.26. The van der Waals surface area contributed by atoms with Gasteiger partial charge in [-0.15, -0.1) is 0 Å². The predicted octanol–water partition coefficient (Wildman–Crippen LogP) is 2.12. The largest absolute Gasteiger partial charge is 0.609 e. The topological polar surface area (TPSA) is 91.9 Å². The molecule has 1 heterocycles. The number of hydrogen-bond acceptors (Lipinski definition) is 5. The Morgan fingerprint density at radius 2 is 2.09 bits per heavy atom. The molecule has 0 saturated heterocycles. The Morgan fingerprint density at radius 1 is 1.36 bits per heavy atom. The zero-order valence-electron chi connectivity index (χ0n) is 12.3. The van der Waals surface area contributed by atoms with E-state index in [0.29, 0.717) is 17.7 Å². The van der Waals surface area contributed by atoms with Crippen LogP contribution in [0.1, 0.15) is 35.3 Å². The van der Waals surface area contributed by atoms with Gasteiger partial charge >= 0.3 is 5.16 Å². The second-order valence-corrected chi connectivity index (χ2v) is 6.20. The second-order valence-electron chi connectivity index (χ2n) is 4.57. The number of nitrogens with zero attached hydrogens (tertiary/aromatic N) is 2. The minimum atomic E-state index is -1.35. The Hall–Kier alpha value is -1.99. The van der Waals surface area contributed by atoms with Crippen molar-refractivity contribution in [2.24, 2.45) is 0 Å². The minimum absolute atomic E-state index is 0.0527. The van der Waals surface area contributed by atoms with Crippen molar-refractivity contribution in [1.82, 2.24) is 9.97 Å². The molecule has 1 aromatic carbocycles. The van der Waals surface area contributed by atoms with E-state index in [1.165, 1.54) is 18.3 Å². The van der Waals surface area contributed by atoms with Crippen molar-refractivity contribution in [3.63, 3.8) is 0 Å². The second kappa shape index (κ2) is 6.85. The number of hydrogen-bond donors (Lipinski definition) is 1. The quantitative estimate of drug-likeness (QED) is 0.517. The molecule has 2 aromatic rings. The van der Waals surface area contributed by atoms with Gasteiger partial charge in [0.1, 0.15) is 17.4 Å². The van der Waals surface area contributed by atoms with Crippen molar-refractivity contribution >= 4 is 22.8 Å². The van der Waals surface area contributed by atoms with Gasteiger partial charge in [0, 0.05) is 22.9 Å².